The fourth-order valence-electron chi connectivity index (χ4n) is 3.48. The van der Waals surface area contributed by atoms with Crippen molar-refractivity contribution in [2.45, 2.75) is 51.1 Å². The third-order valence-corrected chi connectivity index (χ3v) is 4.69. The molecule has 0 radical (unpaired) electrons. The van der Waals surface area contributed by atoms with Crippen molar-refractivity contribution < 1.29 is 4.79 Å². The molecule has 0 N–H and O–H groups in total. The molecule has 2 aliphatic rings. The lowest BCUT2D eigenvalue weighted by Crippen LogP contribution is -2.39. The van der Waals surface area contributed by atoms with Gasteiger partial charge >= 0.3 is 0 Å². The molecule has 3 rings (SSSR count). The molecule has 1 atom stereocenters. The lowest BCUT2D eigenvalue weighted by atomic mass is 10.1. The van der Waals surface area contributed by atoms with Gasteiger partial charge in [-0.2, -0.15) is 5.10 Å². The van der Waals surface area contributed by atoms with E-state index in [1.807, 2.05) is 9.58 Å². The first-order valence-electron chi connectivity index (χ1n) is 8.17. The van der Waals surface area contributed by atoms with Gasteiger partial charge in [0.25, 0.3) is 0 Å². The highest BCUT2D eigenvalue weighted by Gasteiger charge is 2.26. The number of piperidine rings is 1. The summed E-state index contributed by atoms with van der Waals surface area (Å²) < 4.78 is 1.90. The zero-order chi connectivity index (χ0) is 14.5. The van der Waals surface area contributed by atoms with Crippen LogP contribution in [0.15, 0.2) is 12.7 Å². The number of amides is 1. The summed E-state index contributed by atoms with van der Waals surface area (Å²) >= 11 is 0. The molecule has 0 saturated carbocycles. The monoisotopic (exact) mass is 291 g/mol. The van der Waals surface area contributed by atoms with E-state index >= 15 is 0 Å². The van der Waals surface area contributed by atoms with Gasteiger partial charge in [-0.3, -0.25) is 14.4 Å². The topological polar surface area (TPSA) is 54.3 Å². The van der Waals surface area contributed by atoms with Gasteiger partial charge in [-0.05, 0) is 38.6 Å². The summed E-state index contributed by atoms with van der Waals surface area (Å²) in [7, 11) is 0. The maximum Gasteiger partial charge on any atom is 0.223 e. The van der Waals surface area contributed by atoms with E-state index in [1.54, 1.807) is 12.7 Å². The highest BCUT2D eigenvalue weighted by atomic mass is 16.2. The van der Waals surface area contributed by atoms with E-state index in [0.29, 0.717) is 18.4 Å². The van der Waals surface area contributed by atoms with Crippen LogP contribution in [0.1, 0.15) is 38.5 Å². The van der Waals surface area contributed by atoms with Crippen LogP contribution in [-0.2, 0) is 11.3 Å². The molecule has 21 heavy (non-hydrogen) atoms. The molecule has 1 aromatic rings. The van der Waals surface area contributed by atoms with Crippen molar-refractivity contribution in [2.24, 2.45) is 0 Å². The Morgan fingerprint density at radius 2 is 2.00 bits per heavy atom. The molecule has 3 heterocycles. The molecule has 2 saturated heterocycles. The average Bonchev–Trinajstić information content (AvgIpc) is 3.18. The third kappa shape index (κ3) is 3.81. The predicted octanol–water partition coefficient (Wildman–Crippen LogP) is 1.15. The second kappa shape index (κ2) is 7.02. The molecule has 0 bridgehead atoms. The molecule has 6 heteroatoms. The van der Waals surface area contributed by atoms with E-state index in [9.17, 15) is 4.79 Å². The molecular formula is C15H25N5O. The molecule has 1 amide bonds. The van der Waals surface area contributed by atoms with Gasteiger partial charge in [0.15, 0.2) is 0 Å². The predicted molar refractivity (Wildman–Crippen MR) is 79.7 cm³/mol. The first-order valence-corrected chi connectivity index (χ1v) is 8.17. The van der Waals surface area contributed by atoms with E-state index in [4.69, 9.17) is 0 Å². The summed E-state index contributed by atoms with van der Waals surface area (Å²) in [6.07, 6.45) is 10.0. The fraction of sp³-hybridized carbons (Fsp3) is 0.800. The van der Waals surface area contributed by atoms with E-state index in [1.165, 1.54) is 32.1 Å². The average molecular weight is 291 g/mol. The minimum atomic E-state index is 0.334. The second-order valence-electron chi connectivity index (χ2n) is 6.14. The number of likely N-dealkylation sites (tertiary alicyclic amines) is 2. The first kappa shape index (κ1) is 14.5. The van der Waals surface area contributed by atoms with Gasteiger partial charge in [0.05, 0.1) is 6.54 Å². The van der Waals surface area contributed by atoms with Crippen molar-refractivity contribution in [3.05, 3.63) is 12.7 Å². The summed E-state index contributed by atoms with van der Waals surface area (Å²) in [5.41, 5.74) is 0. The van der Waals surface area contributed by atoms with Crippen molar-refractivity contribution in [1.29, 1.82) is 0 Å². The van der Waals surface area contributed by atoms with E-state index in [0.717, 1.165) is 32.7 Å². The minimum absolute atomic E-state index is 0.334. The van der Waals surface area contributed by atoms with Crippen molar-refractivity contribution in [3.8, 4) is 0 Å². The fourth-order valence-corrected chi connectivity index (χ4v) is 3.48. The summed E-state index contributed by atoms with van der Waals surface area (Å²) in [6.45, 7) is 4.79. The Bertz CT molecular complexity index is 441. The largest absolute Gasteiger partial charge is 0.343 e. The Hall–Kier alpha value is -1.43. The number of hydrogen-bond acceptors (Lipinski definition) is 4. The van der Waals surface area contributed by atoms with Crippen molar-refractivity contribution in [1.82, 2.24) is 24.6 Å². The van der Waals surface area contributed by atoms with Crippen LogP contribution in [0.4, 0.5) is 0 Å². The van der Waals surface area contributed by atoms with Crippen LogP contribution in [0, 0.1) is 0 Å². The van der Waals surface area contributed by atoms with Crippen LogP contribution < -0.4 is 0 Å². The van der Waals surface area contributed by atoms with Crippen LogP contribution in [0.2, 0.25) is 0 Å². The highest BCUT2D eigenvalue weighted by Crippen LogP contribution is 2.19. The van der Waals surface area contributed by atoms with Gasteiger partial charge in [-0.1, -0.05) is 0 Å². The number of carbonyl (C=O) groups is 1. The third-order valence-electron chi connectivity index (χ3n) is 4.69. The SMILES string of the molecule is O=C(CCN1CCC[C@@H]1Cn1cncn1)N1CCCCC1. The maximum absolute atomic E-state index is 12.3. The first-order chi connectivity index (χ1) is 10.3. The van der Waals surface area contributed by atoms with Gasteiger partial charge in [0.2, 0.25) is 5.91 Å². The minimum Gasteiger partial charge on any atom is -0.343 e. The lowest BCUT2D eigenvalue weighted by molar-refractivity contribution is -0.132. The van der Waals surface area contributed by atoms with Crippen molar-refractivity contribution >= 4 is 5.91 Å². The van der Waals surface area contributed by atoms with E-state index < -0.39 is 0 Å². The molecule has 0 aliphatic carbocycles. The molecule has 0 spiro atoms. The van der Waals surface area contributed by atoms with E-state index in [-0.39, 0.29) is 0 Å². The normalized spacial score (nSPS) is 23.6. The summed E-state index contributed by atoms with van der Waals surface area (Å²) in [4.78, 5) is 20.7. The quantitative estimate of drug-likeness (QED) is 0.816. The number of nitrogens with zero attached hydrogens (tertiary/aromatic N) is 5. The second-order valence-corrected chi connectivity index (χ2v) is 6.14. The van der Waals surface area contributed by atoms with Gasteiger partial charge in [-0.15, -0.1) is 0 Å². The van der Waals surface area contributed by atoms with Gasteiger partial charge in [0.1, 0.15) is 12.7 Å². The zero-order valence-corrected chi connectivity index (χ0v) is 12.7. The van der Waals surface area contributed by atoms with Crippen LogP contribution in [0.5, 0.6) is 0 Å². The Kier molecular flexibility index (Phi) is 4.85. The number of hydrogen-bond donors (Lipinski definition) is 0. The standard InChI is InChI=1S/C15H25N5O/c21-15(19-7-2-1-3-8-19)6-10-18-9-4-5-14(18)11-20-13-16-12-17-20/h12-14H,1-11H2/t14-/m1/s1. The lowest BCUT2D eigenvalue weighted by Gasteiger charge is -2.29. The van der Waals surface area contributed by atoms with Crippen LogP contribution in [0.3, 0.4) is 0 Å². The molecule has 116 valence electrons. The summed E-state index contributed by atoms with van der Waals surface area (Å²) in [5.74, 6) is 0.334. The summed E-state index contributed by atoms with van der Waals surface area (Å²) in [6, 6.07) is 0.501. The van der Waals surface area contributed by atoms with Crippen LogP contribution in [-0.4, -0.2) is 62.7 Å². The zero-order valence-electron chi connectivity index (χ0n) is 12.7. The van der Waals surface area contributed by atoms with Crippen molar-refractivity contribution in [3.63, 3.8) is 0 Å². The molecule has 0 unspecified atom stereocenters. The Balaban J connectivity index is 1.46. The Morgan fingerprint density at radius 3 is 2.76 bits per heavy atom. The highest BCUT2D eigenvalue weighted by molar-refractivity contribution is 5.76. The maximum atomic E-state index is 12.3. The van der Waals surface area contributed by atoms with Gasteiger partial charge in [0, 0.05) is 32.1 Å². The number of aromatic nitrogens is 3. The Morgan fingerprint density at radius 1 is 1.14 bits per heavy atom. The molecule has 0 aromatic carbocycles. The number of carbonyl (C=O) groups excluding carboxylic acids is 1. The molecule has 6 nitrogen and oxygen atoms in total. The molecular weight excluding hydrogens is 266 g/mol. The smallest absolute Gasteiger partial charge is 0.223 e. The summed E-state index contributed by atoms with van der Waals surface area (Å²) in [5, 5.41) is 4.19. The van der Waals surface area contributed by atoms with Crippen molar-refractivity contribution in [2.75, 3.05) is 26.2 Å². The molecule has 2 fully saturated rings. The van der Waals surface area contributed by atoms with Gasteiger partial charge in [-0.25, -0.2) is 4.98 Å². The number of rotatable bonds is 5. The van der Waals surface area contributed by atoms with Crippen LogP contribution in [0.25, 0.3) is 0 Å². The molecule has 1 aromatic heterocycles. The van der Waals surface area contributed by atoms with Crippen LogP contribution >= 0.6 is 0 Å². The van der Waals surface area contributed by atoms with Gasteiger partial charge < -0.3 is 4.90 Å². The Labute approximate surface area is 126 Å². The molecule has 2 aliphatic heterocycles. The van der Waals surface area contributed by atoms with E-state index in [2.05, 4.69) is 15.0 Å².